The van der Waals surface area contributed by atoms with E-state index in [0.29, 0.717) is 12.4 Å². The molecule has 84 valence electrons. The molecular weight excluding hydrogens is 192 g/mol. The summed E-state index contributed by atoms with van der Waals surface area (Å²) < 4.78 is 4.98. The van der Waals surface area contributed by atoms with Crippen LogP contribution in [-0.4, -0.2) is 27.6 Å². The number of rotatable bonds is 5. The molecule has 1 aromatic heterocycles. The molecule has 5 nitrogen and oxygen atoms in total. The highest BCUT2D eigenvalue weighted by molar-refractivity contribution is 4.88. The van der Waals surface area contributed by atoms with E-state index in [2.05, 4.69) is 22.0 Å². The maximum Gasteiger partial charge on any atom is 0.240 e. The topological polar surface area (TPSA) is 68.2 Å². The van der Waals surface area contributed by atoms with Gasteiger partial charge >= 0.3 is 0 Å². The van der Waals surface area contributed by atoms with E-state index in [1.165, 1.54) is 19.3 Å². The summed E-state index contributed by atoms with van der Waals surface area (Å²) in [6, 6.07) is 0.717. The van der Waals surface area contributed by atoms with Gasteiger partial charge in [-0.15, -0.1) is 0 Å². The van der Waals surface area contributed by atoms with Crippen molar-refractivity contribution >= 4 is 0 Å². The van der Waals surface area contributed by atoms with Crippen molar-refractivity contribution in [2.45, 2.75) is 45.3 Å². The van der Waals surface area contributed by atoms with Crippen molar-refractivity contribution in [2.75, 3.05) is 6.54 Å². The van der Waals surface area contributed by atoms with Gasteiger partial charge in [0.2, 0.25) is 5.89 Å². The first-order chi connectivity index (χ1) is 7.33. The molecule has 0 unspecified atom stereocenters. The maximum absolute atomic E-state index is 5.41. The first kappa shape index (κ1) is 10.6. The van der Waals surface area contributed by atoms with Crippen LogP contribution in [0.1, 0.15) is 37.9 Å². The zero-order valence-corrected chi connectivity index (χ0v) is 9.15. The molecule has 0 aliphatic heterocycles. The standard InChI is InChI=1S/C10H18N4O/c1-2-14(8-4-3-5-8)7-9-12-10(6-11)15-13-9/h8H,2-7,11H2,1H3. The third-order valence-corrected chi connectivity index (χ3v) is 3.03. The monoisotopic (exact) mass is 210 g/mol. The molecule has 1 fully saturated rings. The van der Waals surface area contributed by atoms with Crippen LogP contribution in [0.3, 0.4) is 0 Å². The fraction of sp³-hybridized carbons (Fsp3) is 0.800. The van der Waals surface area contributed by atoms with Gasteiger partial charge in [0, 0.05) is 6.04 Å². The van der Waals surface area contributed by atoms with Crippen molar-refractivity contribution in [3.8, 4) is 0 Å². The molecule has 2 N–H and O–H groups in total. The van der Waals surface area contributed by atoms with Gasteiger partial charge in [-0.1, -0.05) is 18.5 Å². The van der Waals surface area contributed by atoms with Gasteiger partial charge in [-0.05, 0) is 19.4 Å². The summed E-state index contributed by atoms with van der Waals surface area (Å²) in [6.45, 7) is 4.31. The molecule has 0 aromatic carbocycles. The molecule has 0 amide bonds. The number of hydrogen-bond donors (Lipinski definition) is 1. The minimum absolute atomic E-state index is 0.322. The molecule has 1 aromatic rings. The molecule has 1 saturated carbocycles. The summed E-state index contributed by atoms with van der Waals surface area (Å²) in [5.41, 5.74) is 5.41. The second-order valence-electron chi connectivity index (χ2n) is 3.96. The lowest BCUT2D eigenvalue weighted by Gasteiger charge is -2.36. The molecule has 1 aliphatic rings. The summed E-state index contributed by atoms with van der Waals surface area (Å²) in [4.78, 5) is 6.61. The Bertz CT molecular complexity index is 308. The fourth-order valence-corrected chi connectivity index (χ4v) is 1.87. The molecule has 5 heteroatoms. The van der Waals surface area contributed by atoms with Crippen molar-refractivity contribution < 1.29 is 4.52 Å². The first-order valence-electron chi connectivity index (χ1n) is 5.59. The third-order valence-electron chi connectivity index (χ3n) is 3.03. The number of nitrogens with two attached hydrogens (primary N) is 1. The summed E-state index contributed by atoms with van der Waals surface area (Å²) >= 11 is 0. The van der Waals surface area contributed by atoms with Crippen LogP contribution in [0.4, 0.5) is 0 Å². The predicted octanol–water partition coefficient (Wildman–Crippen LogP) is 0.903. The normalized spacial score (nSPS) is 17.0. The van der Waals surface area contributed by atoms with Crippen LogP contribution >= 0.6 is 0 Å². The molecular formula is C10H18N4O. The molecule has 15 heavy (non-hydrogen) atoms. The SMILES string of the molecule is CCN(Cc1noc(CN)n1)C1CCC1. The van der Waals surface area contributed by atoms with Crippen molar-refractivity contribution in [1.29, 1.82) is 0 Å². The summed E-state index contributed by atoms with van der Waals surface area (Å²) in [6.07, 6.45) is 3.95. The second-order valence-corrected chi connectivity index (χ2v) is 3.96. The molecule has 0 spiro atoms. The average Bonchev–Trinajstić information content (AvgIpc) is 2.61. The van der Waals surface area contributed by atoms with E-state index in [4.69, 9.17) is 10.3 Å². The Labute approximate surface area is 89.6 Å². The Kier molecular flexibility index (Phi) is 3.33. The van der Waals surface area contributed by atoms with E-state index in [0.717, 1.165) is 25.0 Å². The van der Waals surface area contributed by atoms with Gasteiger partial charge in [0.15, 0.2) is 5.82 Å². The van der Waals surface area contributed by atoms with Gasteiger partial charge < -0.3 is 10.3 Å². The summed E-state index contributed by atoms with van der Waals surface area (Å²) in [5.74, 6) is 1.28. The van der Waals surface area contributed by atoms with E-state index in [1.807, 2.05) is 0 Å². The van der Waals surface area contributed by atoms with E-state index >= 15 is 0 Å². The van der Waals surface area contributed by atoms with Gasteiger partial charge in [-0.2, -0.15) is 4.98 Å². The average molecular weight is 210 g/mol. The van der Waals surface area contributed by atoms with Gasteiger partial charge in [0.25, 0.3) is 0 Å². The highest BCUT2D eigenvalue weighted by Crippen LogP contribution is 2.25. The largest absolute Gasteiger partial charge is 0.338 e. The van der Waals surface area contributed by atoms with Crippen molar-refractivity contribution in [1.82, 2.24) is 15.0 Å². The van der Waals surface area contributed by atoms with Crippen molar-refractivity contribution in [2.24, 2.45) is 5.73 Å². The van der Waals surface area contributed by atoms with E-state index < -0.39 is 0 Å². The van der Waals surface area contributed by atoms with E-state index in [-0.39, 0.29) is 0 Å². The minimum Gasteiger partial charge on any atom is -0.338 e. The molecule has 0 bridgehead atoms. The Morgan fingerprint density at radius 3 is 2.80 bits per heavy atom. The number of hydrogen-bond acceptors (Lipinski definition) is 5. The smallest absolute Gasteiger partial charge is 0.240 e. The van der Waals surface area contributed by atoms with E-state index in [1.54, 1.807) is 0 Å². The number of nitrogens with zero attached hydrogens (tertiary/aromatic N) is 3. The zero-order chi connectivity index (χ0) is 10.7. The van der Waals surface area contributed by atoms with Crippen LogP contribution in [-0.2, 0) is 13.1 Å². The Balaban J connectivity index is 1.93. The van der Waals surface area contributed by atoms with Crippen LogP contribution in [0, 0.1) is 0 Å². The lowest BCUT2D eigenvalue weighted by molar-refractivity contribution is 0.122. The molecule has 0 radical (unpaired) electrons. The summed E-state index contributed by atoms with van der Waals surface area (Å²) in [5, 5.41) is 3.91. The van der Waals surface area contributed by atoms with Crippen LogP contribution in [0.5, 0.6) is 0 Å². The molecule has 1 heterocycles. The van der Waals surface area contributed by atoms with Crippen LogP contribution in [0.25, 0.3) is 0 Å². The second kappa shape index (κ2) is 4.72. The maximum atomic E-state index is 5.41. The Morgan fingerprint density at radius 2 is 2.33 bits per heavy atom. The van der Waals surface area contributed by atoms with Crippen molar-refractivity contribution in [3.63, 3.8) is 0 Å². The Morgan fingerprint density at radius 1 is 1.53 bits per heavy atom. The van der Waals surface area contributed by atoms with Gasteiger partial charge in [-0.3, -0.25) is 4.90 Å². The van der Waals surface area contributed by atoms with Crippen LogP contribution in [0.2, 0.25) is 0 Å². The molecule has 1 aliphatic carbocycles. The third kappa shape index (κ3) is 2.35. The molecule has 2 rings (SSSR count). The Hall–Kier alpha value is -0.940. The van der Waals surface area contributed by atoms with Gasteiger partial charge in [-0.25, -0.2) is 0 Å². The van der Waals surface area contributed by atoms with Gasteiger partial charge in [0.05, 0.1) is 13.1 Å². The quantitative estimate of drug-likeness (QED) is 0.782. The predicted molar refractivity (Wildman–Crippen MR) is 55.9 cm³/mol. The fourth-order valence-electron chi connectivity index (χ4n) is 1.87. The summed E-state index contributed by atoms with van der Waals surface area (Å²) in [7, 11) is 0. The minimum atomic E-state index is 0.322. The van der Waals surface area contributed by atoms with Crippen LogP contribution in [0.15, 0.2) is 4.52 Å². The highest BCUT2D eigenvalue weighted by Gasteiger charge is 2.24. The van der Waals surface area contributed by atoms with Crippen LogP contribution < -0.4 is 5.73 Å². The molecule has 0 saturated heterocycles. The van der Waals surface area contributed by atoms with Crippen molar-refractivity contribution in [3.05, 3.63) is 11.7 Å². The zero-order valence-electron chi connectivity index (χ0n) is 9.15. The number of aromatic nitrogens is 2. The van der Waals surface area contributed by atoms with Gasteiger partial charge in [0.1, 0.15) is 0 Å². The molecule has 0 atom stereocenters. The lowest BCUT2D eigenvalue weighted by Crippen LogP contribution is -2.39. The first-order valence-corrected chi connectivity index (χ1v) is 5.59. The highest BCUT2D eigenvalue weighted by atomic mass is 16.5. The lowest BCUT2D eigenvalue weighted by atomic mass is 9.91. The van der Waals surface area contributed by atoms with E-state index in [9.17, 15) is 0 Å².